The van der Waals surface area contributed by atoms with E-state index in [2.05, 4.69) is 35.3 Å². The molecule has 4 heteroatoms. The minimum atomic E-state index is 0.294. The van der Waals surface area contributed by atoms with E-state index in [-0.39, 0.29) is 0 Å². The molecule has 0 fully saturated rings. The van der Waals surface area contributed by atoms with Crippen LogP contribution in [0.15, 0.2) is 30.5 Å². The number of pyridine rings is 1. The highest BCUT2D eigenvalue weighted by Gasteiger charge is 2.06. The van der Waals surface area contributed by atoms with E-state index in [4.69, 9.17) is 0 Å². The van der Waals surface area contributed by atoms with Crippen molar-refractivity contribution in [1.82, 2.24) is 14.8 Å². The predicted molar refractivity (Wildman–Crippen MR) is 69.0 cm³/mol. The van der Waals surface area contributed by atoms with Crippen molar-refractivity contribution in [3.8, 4) is 0 Å². The largest absolute Gasteiger partial charge is 0.366 e. The molecular formula is C13H18N4. The van der Waals surface area contributed by atoms with Gasteiger partial charge in [-0.3, -0.25) is 4.68 Å². The maximum absolute atomic E-state index is 4.45. The second kappa shape index (κ2) is 4.99. The Bertz CT molecular complexity index is 475. The van der Waals surface area contributed by atoms with Crippen LogP contribution in [0.2, 0.25) is 0 Å². The molecule has 0 spiro atoms. The maximum atomic E-state index is 4.45. The minimum Gasteiger partial charge on any atom is -0.366 e. The lowest BCUT2D eigenvalue weighted by atomic mass is 10.3. The van der Waals surface area contributed by atoms with Gasteiger partial charge in [0.2, 0.25) is 0 Å². The Morgan fingerprint density at radius 2 is 2.18 bits per heavy atom. The molecule has 2 rings (SSSR count). The third-order valence-corrected chi connectivity index (χ3v) is 2.61. The van der Waals surface area contributed by atoms with Gasteiger partial charge in [-0.1, -0.05) is 6.07 Å². The Hall–Kier alpha value is -1.84. The minimum absolute atomic E-state index is 0.294. The van der Waals surface area contributed by atoms with Crippen LogP contribution in [0.4, 0.5) is 5.82 Å². The van der Waals surface area contributed by atoms with E-state index in [9.17, 15) is 0 Å². The molecule has 0 bridgehead atoms. The van der Waals surface area contributed by atoms with Crippen molar-refractivity contribution < 1.29 is 0 Å². The summed E-state index contributed by atoms with van der Waals surface area (Å²) < 4.78 is 2.02. The molecule has 0 saturated heterocycles. The fraction of sp³-hybridized carbons (Fsp3) is 0.385. The first kappa shape index (κ1) is 11.6. The van der Waals surface area contributed by atoms with Crippen molar-refractivity contribution in [2.75, 3.05) is 5.32 Å². The zero-order valence-corrected chi connectivity index (χ0v) is 10.5. The fourth-order valence-electron chi connectivity index (χ4n) is 1.87. The molecule has 0 aliphatic rings. The Morgan fingerprint density at radius 3 is 2.76 bits per heavy atom. The van der Waals surface area contributed by atoms with Crippen LogP contribution in [0.1, 0.15) is 18.3 Å². The van der Waals surface area contributed by atoms with Gasteiger partial charge in [-0.2, -0.15) is 5.10 Å². The predicted octanol–water partition coefficient (Wildman–Crippen LogP) is 2.40. The summed E-state index contributed by atoms with van der Waals surface area (Å²) in [7, 11) is 0. The highest BCUT2D eigenvalue weighted by Crippen LogP contribution is 2.07. The molecule has 2 aromatic rings. The van der Waals surface area contributed by atoms with Crippen LogP contribution in [0, 0.1) is 13.8 Å². The summed E-state index contributed by atoms with van der Waals surface area (Å²) in [6.07, 6.45) is 1.79. The van der Waals surface area contributed by atoms with Gasteiger partial charge in [-0.15, -0.1) is 0 Å². The fourth-order valence-corrected chi connectivity index (χ4v) is 1.87. The van der Waals surface area contributed by atoms with Gasteiger partial charge in [0.15, 0.2) is 0 Å². The molecule has 90 valence electrons. The van der Waals surface area contributed by atoms with Crippen LogP contribution in [0.5, 0.6) is 0 Å². The van der Waals surface area contributed by atoms with Crippen molar-refractivity contribution in [1.29, 1.82) is 0 Å². The van der Waals surface area contributed by atoms with Crippen molar-refractivity contribution in [3.05, 3.63) is 41.9 Å². The van der Waals surface area contributed by atoms with E-state index in [1.54, 1.807) is 6.20 Å². The van der Waals surface area contributed by atoms with Crippen LogP contribution >= 0.6 is 0 Å². The first-order valence-corrected chi connectivity index (χ1v) is 5.84. The first-order chi connectivity index (χ1) is 8.15. The van der Waals surface area contributed by atoms with E-state index in [0.29, 0.717) is 6.04 Å². The monoisotopic (exact) mass is 230 g/mol. The molecule has 0 aliphatic heterocycles. The topological polar surface area (TPSA) is 42.7 Å². The van der Waals surface area contributed by atoms with Gasteiger partial charge in [-0.25, -0.2) is 4.98 Å². The molecule has 17 heavy (non-hydrogen) atoms. The molecule has 0 aromatic carbocycles. The van der Waals surface area contributed by atoms with Crippen molar-refractivity contribution in [3.63, 3.8) is 0 Å². The Labute approximate surface area is 102 Å². The Morgan fingerprint density at radius 1 is 1.35 bits per heavy atom. The summed E-state index contributed by atoms with van der Waals surface area (Å²) >= 11 is 0. The lowest BCUT2D eigenvalue weighted by Crippen LogP contribution is -2.23. The summed E-state index contributed by atoms with van der Waals surface area (Å²) in [5.41, 5.74) is 2.25. The number of anilines is 1. The van der Waals surface area contributed by atoms with Crippen LogP contribution in [0.3, 0.4) is 0 Å². The SMILES string of the molecule is Cc1cc(C)n(C[C@@H](C)Nc2ccccn2)n1. The molecule has 2 heterocycles. The normalized spacial score (nSPS) is 12.4. The lowest BCUT2D eigenvalue weighted by molar-refractivity contribution is 0.544. The molecular weight excluding hydrogens is 212 g/mol. The smallest absolute Gasteiger partial charge is 0.126 e. The number of hydrogen-bond acceptors (Lipinski definition) is 3. The molecule has 0 saturated carbocycles. The van der Waals surface area contributed by atoms with Gasteiger partial charge in [0, 0.05) is 17.9 Å². The zero-order chi connectivity index (χ0) is 12.3. The van der Waals surface area contributed by atoms with Gasteiger partial charge < -0.3 is 5.32 Å². The van der Waals surface area contributed by atoms with Crippen LogP contribution in [-0.4, -0.2) is 20.8 Å². The van der Waals surface area contributed by atoms with E-state index < -0.39 is 0 Å². The molecule has 1 N–H and O–H groups in total. The van der Waals surface area contributed by atoms with Crippen molar-refractivity contribution in [2.45, 2.75) is 33.4 Å². The molecule has 4 nitrogen and oxygen atoms in total. The first-order valence-electron chi connectivity index (χ1n) is 5.84. The quantitative estimate of drug-likeness (QED) is 0.877. The van der Waals surface area contributed by atoms with Gasteiger partial charge in [0.1, 0.15) is 5.82 Å². The summed E-state index contributed by atoms with van der Waals surface area (Å²) in [5, 5.41) is 7.80. The number of hydrogen-bond donors (Lipinski definition) is 1. The van der Waals surface area contributed by atoms with Gasteiger partial charge >= 0.3 is 0 Å². The van der Waals surface area contributed by atoms with E-state index in [0.717, 1.165) is 18.1 Å². The average molecular weight is 230 g/mol. The second-order valence-corrected chi connectivity index (χ2v) is 4.37. The van der Waals surface area contributed by atoms with Crippen LogP contribution < -0.4 is 5.32 Å². The van der Waals surface area contributed by atoms with Crippen LogP contribution in [0.25, 0.3) is 0 Å². The van der Waals surface area contributed by atoms with Gasteiger partial charge in [0.25, 0.3) is 0 Å². The van der Waals surface area contributed by atoms with Crippen molar-refractivity contribution >= 4 is 5.82 Å². The van der Waals surface area contributed by atoms with E-state index in [1.807, 2.05) is 29.8 Å². The summed E-state index contributed by atoms with van der Waals surface area (Å²) in [6, 6.07) is 8.25. The van der Waals surface area contributed by atoms with E-state index in [1.165, 1.54) is 5.69 Å². The van der Waals surface area contributed by atoms with Gasteiger partial charge in [0.05, 0.1) is 12.2 Å². The molecule has 2 aromatic heterocycles. The molecule has 0 amide bonds. The number of aryl methyl sites for hydroxylation is 2. The third kappa shape index (κ3) is 3.06. The van der Waals surface area contributed by atoms with Crippen LogP contribution in [-0.2, 0) is 6.54 Å². The summed E-state index contributed by atoms with van der Waals surface area (Å²) in [6.45, 7) is 7.06. The Kier molecular flexibility index (Phi) is 3.42. The maximum Gasteiger partial charge on any atom is 0.126 e. The lowest BCUT2D eigenvalue weighted by Gasteiger charge is -2.15. The number of aromatic nitrogens is 3. The second-order valence-electron chi connectivity index (χ2n) is 4.37. The molecule has 0 unspecified atom stereocenters. The zero-order valence-electron chi connectivity index (χ0n) is 10.5. The average Bonchev–Trinajstić information content (AvgIpc) is 2.58. The Balaban J connectivity index is 1.98. The molecule has 1 atom stereocenters. The van der Waals surface area contributed by atoms with Crippen molar-refractivity contribution in [2.24, 2.45) is 0 Å². The number of nitrogens with zero attached hydrogens (tertiary/aromatic N) is 3. The van der Waals surface area contributed by atoms with E-state index >= 15 is 0 Å². The third-order valence-electron chi connectivity index (χ3n) is 2.61. The molecule has 0 radical (unpaired) electrons. The number of rotatable bonds is 4. The summed E-state index contributed by atoms with van der Waals surface area (Å²) in [4.78, 5) is 4.25. The number of nitrogens with one attached hydrogen (secondary N) is 1. The highest BCUT2D eigenvalue weighted by atomic mass is 15.3. The molecule has 0 aliphatic carbocycles. The summed E-state index contributed by atoms with van der Waals surface area (Å²) in [5.74, 6) is 0.904. The standard InChI is InChI=1S/C13H18N4/c1-10-8-12(3)17(16-10)9-11(2)15-13-6-4-5-7-14-13/h4-8,11H,9H2,1-3H3,(H,14,15)/t11-/m1/s1. The highest BCUT2D eigenvalue weighted by molar-refractivity contribution is 5.34. The van der Waals surface area contributed by atoms with Gasteiger partial charge in [-0.05, 0) is 39.0 Å².